The summed E-state index contributed by atoms with van der Waals surface area (Å²) in [7, 11) is 0. The molecule has 0 radical (unpaired) electrons. The molecule has 0 aliphatic carbocycles. The van der Waals surface area contributed by atoms with Crippen LogP contribution in [0.1, 0.15) is 23.1 Å². The topological polar surface area (TPSA) is 87.2 Å². The molecule has 3 rings (SSSR count). The van der Waals surface area contributed by atoms with Crippen LogP contribution >= 0.6 is 0 Å². The Hall–Kier alpha value is -3.20. The fourth-order valence-electron chi connectivity index (χ4n) is 2.76. The van der Waals surface area contributed by atoms with Crippen molar-refractivity contribution in [3.05, 3.63) is 69.3 Å². The molecule has 0 aromatic heterocycles. The van der Waals surface area contributed by atoms with Gasteiger partial charge in [0, 0.05) is 24.2 Å². The SMILES string of the molecule is N#Cc1cccc(CN2C(=O)CCc3cc([N+](=O)[O-])ccc32)c1. The van der Waals surface area contributed by atoms with Crippen LogP contribution in [0.5, 0.6) is 0 Å². The predicted molar refractivity (Wildman–Crippen MR) is 83.8 cm³/mol. The quantitative estimate of drug-likeness (QED) is 0.644. The monoisotopic (exact) mass is 307 g/mol. The van der Waals surface area contributed by atoms with Crippen LogP contribution < -0.4 is 4.90 Å². The zero-order chi connectivity index (χ0) is 16.4. The number of amides is 1. The third-order valence-electron chi connectivity index (χ3n) is 3.87. The van der Waals surface area contributed by atoms with Gasteiger partial charge in [0.1, 0.15) is 0 Å². The average molecular weight is 307 g/mol. The van der Waals surface area contributed by atoms with Gasteiger partial charge in [0.2, 0.25) is 5.91 Å². The van der Waals surface area contributed by atoms with E-state index in [9.17, 15) is 14.9 Å². The lowest BCUT2D eigenvalue weighted by Gasteiger charge is -2.29. The number of hydrogen-bond donors (Lipinski definition) is 0. The number of benzene rings is 2. The van der Waals surface area contributed by atoms with E-state index in [1.54, 1.807) is 29.2 Å². The molecule has 0 saturated heterocycles. The number of rotatable bonds is 3. The number of nitro benzene ring substituents is 1. The van der Waals surface area contributed by atoms with Gasteiger partial charge in [-0.1, -0.05) is 12.1 Å². The second-order valence-electron chi connectivity index (χ2n) is 5.36. The molecule has 114 valence electrons. The van der Waals surface area contributed by atoms with E-state index < -0.39 is 4.92 Å². The Morgan fingerprint density at radius 2 is 2.04 bits per heavy atom. The summed E-state index contributed by atoms with van der Waals surface area (Å²) in [4.78, 5) is 24.3. The third-order valence-corrected chi connectivity index (χ3v) is 3.87. The molecular formula is C17H13N3O3. The van der Waals surface area contributed by atoms with Gasteiger partial charge in [0.25, 0.3) is 5.69 Å². The average Bonchev–Trinajstić information content (AvgIpc) is 2.57. The predicted octanol–water partition coefficient (Wildman–Crippen LogP) is 2.95. The van der Waals surface area contributed by atoms with Crippen molar-refractivity contribution in [2.75, 3.05) is 4.90 Å². The number of anilines is 1. The van der Waals surface area contributed by atoms with Crippen LogP contribution in [0.2, 0.25) is 0 Å². The zero-order valence-corrected chi connectivity index (χ0v) is 12.2. The molecule has 0 fully saturated rings. The number of non-ortho nitro benzene ring substituents is 1. The lowest BCUT2D eigenvalue weighted by Crippen LogP contribution is -2.34. The number of aryl methyl sites for hydroxylation is 1. The number of nitriles is 1. The van der Waals surface area contributed by atoms with Crippen molar-refractivity contribution in [3.63, 3.8) is 0 Å². The van der Waals surface area contributed by atoms with E-state index in [2.05, 4.69) is 6.07 Å². The molecule has 2 aromatic carbocycles. The normalized spacial score (nSPS) is 13.3. The molecule has 2 aromatic rings. The maximum atomic E-state index is 12.3. The van der Waals surface area contributed by atoms with Gasteiger partial charge >= 0.3 is 0 Å². The third kappa shape index (κ3) is 2.90. The van der Waals surface area contributed by atoms with Crippen LogP contribution in [0.25, 0.3) is 0 Å². The van der Waals surface area contributed by atoms with Gasteiger partial charge in [-0.2, -0.15) is 5.26 Å². The molecule has 1 aliphatic heterocycles. The molecule has 1 aliphatic rings. The Bertz CT molecular complexity index is 839. The van der Waals surface area contributed by atoms with Crippen LogP contribution in [0.3, 0.4) is 0 Å². The number of carbonyl (C=O) groups is 1. The number of hydrogen-bond acceptors (Lipinski definition) is 4. The van der Waals surface area contributed by atoms with Gasteiger partial charge in [-0.3, -0.25) is 14.9 Å². The van der Waals surface area contributed by atoms with E-state index in [0.717, 1.165) is 11.1 Å². The van der Waals surface area contributed by atoms with Crippen molar-refractivity contribution < 1.29 is 9.72 Å². The van der Waals surface area contributed by atoms with Gasteiger partial charge in [0.05, 0.1) is 23.1 Å². The molecule has 6 heteroatoms. The molecule has 6 nitrogen and oxygen atoms in total. The Labute approximate surface area is 132 Å². The highest BCUT2D eigenvalue weighted by Crippen LogP contribution is 2.32. The molecule has 0 atom stereocenters. The summed E-state index contributed by atoms with van der Waals surface area (Å²) in [6, 6.07) is 13.7. The summed E-state index contributed by atoms with van der Waals surface area (Å²) in [6.07, 6.45) is 0.830. The van der Waals surface area contributed by atoms with E-state index in [0.29, 0.717) is 30.6 Å². The second kappa shape index (κ2) is 5.89. The maximum absolute atomic E-state index is 12.3. The van der Waals surface area contributed by atoms with Crippen LogP contribution in [0, 0.1) is 21.4 Å². The number of nitrogens with zero attached hydrogens (tertiary/aromatic N) is 3. The molecule has 0 spiro atoms. The van der Waals surface area contributed by atoms with Crippen molar-refractivity contribution in [2.45, 2.75) is 19.4 Å². The van der Waals surface area contributed by atoms with Crippen molar-refractivity contribution >= 4 is 17.3 Å². The molecule has 1 heterocycles. The number of nitro groups is 1. The minimum atomic E-state index is -0.433. The zero-order valence-electron chi connectivity index (χ0n) is 12.2. The first kappa shape index (κ1) is 14.7. The number of carbonyl (C=O) groups excluding carboxylic acids is 1. The van der Waals surface area contributed by atoms with Crippen LogP contribution in [-0.2, 0) is 17.8 Å². The maximum Gasteiger partial charge on any atom is 0.269 e. The second-order valence-corrected chi connectivity index (χ2v) is 5.36. The van der Waals surface area contributed by atoms with E-state index in [1.807, 2.05) is 6.07 Å². The summed E-state index contributed by atoms with van der Waals surface area (Å²) in [5, 5.41) is 19.9. The van der Waals surface area contributed by atoms with E-state index in [-0.39, 0.29) is 11.6 Å². The van der Waals surface area contributed by atoms with Crippen molar-refractivity contribution in [2.24, 2.45) is 0 Å². The molecule has 0 saturated carbocycles. The van der Waals surface area contributed by atoms with Gasteiger partial charge in [-0.15, -0.1) is 0 Å². The molecule has 0 N–H and O–H groups in total. The standard InChI is InChI=1S/C17H13N3O3/c18-10-12-2-1-3-13(8-12)11-19-16-6-5-15(20(22)23)9-14(16)4-7-17(19)21/h1-3,5-6,8-9H,4,7,11H2. The van der Waals surface area contributed by atoms with Crippen molar-refractivity contribution in [1.29, 1.82) is 5.26 Å². The first-order valence-corrected chi connectivity index (χ1v) is 7.15. The minimum Gasteiger partial charge on any atom is -0.308 e. The highest BCUT2D eigenvalue weighted by Gasteiger charge is 2.25. The van der Waals surface area contributed by atoms with Crippen molar-refractivity contribution in [1.82, 2.24) is 0 Å². The fourth-order valence-corrected chi connectivity index (χ4v) is 2.76. The molecule has 23 heavy (non-hydrogen) atoms. The van der Waals surface area contributed by atoms with Crippen LogP contribution in [0.15, 0.2) is 42.5 Å². The first-order valence-electron chi connectivity index (χ1n) is 7.15. The van der Waals surface area contributed by atoms with Gasteiger partial charge in [-0.05, 0) is 35.7 Å². The Kier molecular flexibility index (Phi) is 3.77. The minimum absolute atomic E-state index is 0.0197. The molecular weight excluding hydrogens is 294 g/mol. The van der Waals surface area contributed by atoms with Crippen LogP contribution in [0.4, 0.5) is 11.4 Å². The van der Waals surface area contributed by atoms with E-state index in [1.165, 1.54) is 12.1 Å². The van der Waals surface area contributed by atoms with Crippen LogP contribution in [-0.4, -0.2) is 10.8 Å². The molecule has 0 bridgehead atoms. The number of fused-ring (bicyclic) bond motifs is 1. The molecule has 1 amide bonds. The summed E-state index contributed by atoms with van der Waals surface area (Å²) < 4.78 is 0. The fraction of sp³-hybridized carbons (Fsp3) is 0.176. The summed E-state index contributed by atoms with van der Waals surface area (Å²) >= 11 is 0. The Morgan fingerprint density at radius 3 is 2.78 bits per heavy atom. The van der Waals surface area contributed by atoms with Gasteiger partial charge < -0.3 is 4.90 Å². The Balaban J connectivity index is 1.95. The first-order chi connectivity index (χ1) is 11.1. The highest BCUT2D eigenvalue weighted by atomic mass is 16.6. The largest absolute Gasteiger partial charge is 0.308 e. The summed E-state index contributed by atoms with van der Waals surface area (Å²) in [6.45, 7) is 0.346. The van der Waals surface area contributed by atoms with Gasteiger partial charge in [-0.25, -0.2) is 0 Å². The lowest BCUT2D eigenvalue weighted by atomic mass is 9.99. The van der Waals surface area contributed by atoms with Crippen molar-refractivity contribution in [3.8, 4) is 6.07 Å². The van der Waals surface area contributed by atoms with Gasteiger partial charge in [0.15, 0.2) is 0 Å². The molecule has 0 unspecified atom stereocenters. The lowest BCUT2D eigenvalue weighted by molar-refractivity contribution is -0.384. The van der Waals surface area contributed by atoms with E-state index in [4.69, 9.17) is 5.26 Å². The smallest absolute Gasteiger partial charge is 0.269 e. The summed E-state index contributed by atoms with van der Waals surface area (Å²) in [5.74, 6) is -0.0197. The Morgan fingerprint density at radius 1 is 1.22 bits per heavy atom. The van der Waals surface area contributed by atoms with E-state index >= 15 is 0 Å². The highest BCUT2D eigenvalue weighted by molar-refractivity contribution is 5.96. The summed E-state index contributed by atoms with van der Waals surface area (Å²) in [5.41, 5.74) is 2.92.